The minimum absolute atomic E-state index is 0.491. The van der Waals surface area contributed by atoms with E-state index in [9.17, 15) is 9.59 Å². The highest BCUT2D eigenvalue weighted by Crippen LogP contribution is 2.14. The first-order valence-corrected chi connectivity index (χ1v) is 7.60. The third kappa shape index (κ3) is 5.95. The molecule has 0 aliphatic heterocycles. The molecule has 0 bridgehead atoms. The van der Waals surface area contributed by atoms with Gasteiger partial charge in [0, 0.05) is 5.69 Å². The summed E-state index contributed by atoms with van der Waals surface area (Å²) < 4.78 is 5.02. The van der Waals surface area contributed by atoms with Gasteiger partial charge in [0.2, 0.25) is 0 Å². The van der Waals surface area contributed by atoms with Crippen molar-refractivity contribution in [3.63, 3.8) is 0 Å². The second-order valence-electron chi connectivity index (χ2n) is 5.18. The summed E-state index contributed by atoms with van der Waals surface area (Å²) >= 11 is 0. The predicted octanol–water partition coefficient (Wildman–Crippen LogP) is 2.84. The maximum atomic E-state index is 11.8. The number of amides is 2. The van der Waals surface area contributed by atoms with Crippen LogP contribution < -0.4 is 15.5 Å². The van der Waals surface area contributed by atoms with Gasteiger partial charge < -0.3 is 10.1 Å². The lowest BCUT2D eigenvalue weighted by Crippen LogP contribution is -2.32. The van der Waals surface area contributed by atoms with Crippen molar-refractivity contribution in [2.45, 2.75) is 6.92 Å². The maximum Gasteiger partial charge on any atom is 0.329 e. The molecule has 2 aromatic carbocycles. The zero-order valence-electron chi connectivity index (χ0n) is 14.0. The van der Waals surface area contributed by atoms with E-state index in [1.807, 2.05) is 43.3 Å². The topological polar surface area (TPSA) is 79.8 Å². The molecule has 128 valence electrons. The number of rotatable bonds is 5. The third-order valence-electron chi connectivity index (χ3n) is 3.18. The molecular weight excluding hydrogens is 318 g/mol. The molecule has 6 heteroatoms. The molecule has 0 fully saturated rings. The quantitative estimate of drug-likeness (QED) is 0.500. The Labute approximate surface area is 146 Å². The van der Waals surface area contributed by atoms with Crippen molar-refractivity contribution in [3.8, 4) is 5.75 Å². The van der Waals surface area contributed by atoms with E-state index >= 15 is 0 Å². The van der Waals surface area contributed by atoms with E-state index in [4.69, 9.17) is 4.74 Å². The molecular formula is C19H19N3O3. The fourth-order valence-corrected chi connectivity index (χ4v) is 1.96. The van der Waals surface area contributed by atoms with Gasteiger partial charge in [0.1, 0.15) is 5.75 Å². The number of hydrazone groups is 1. The van der Waals surface area contributed by atoms with E-state index in [1.54, 1.807) is 31.4 Å². The maximum absolute atomic E-state index is 11.8. The summed E-state index contributed by atoms with van der Waals surface area (Å²) in [6, 6.07) is 16.4. The average Bonchev–Trinajstić information content (AvgIpc) is 2.63. The number of nitrogens with zero attached hydrogens (tertiary/aromatic N) is 1. The Balaban J connectivity index is 1.86. The summed E-state index contributed by atoms with van der Waals surface area (Å²) in [6.07, 6.45) is 3.39. The van der Waals surface area contributed by atoms with Crippen LogP contribution in [0.2, 0.25) is 0 Å². The van der Waals surface area contributed by atoms with Gasteiger partial charge in [-0.3, -0.25) is 9.59 Å². The van der Waals surface area contributed by atoms with Crippen LogP contribution in [0.25, 0.3) is 6.08 Å². The number of methoxy groups -OCH3 is 1. The first kappa shape index (κ1) is 17.9. The number of benzene rings is 2. The number of hydrogen-bond acceptors (Lipinski definition) is 4. The lowest BCUT2D eigenvalue weighted by atomic mass is 10.1. The van der Waals surface area contributed by atoms with Gasteiger partial charge in [-0.1, -0.05) is 36.4 Å². The van der Waals surface area contributed by atoms with Crippen LogP contribution in [0, 0.1) is 0 Å². The summed E-state index contributed by atoms with van der Waals surface area (Å²) in [7, 11) is 1.55. The second-order valence-corrected chi connectivity index (χ2v) is 5.18. The van der Waals surface area contributed by atoms with Crippen molar-refractivity contribution >= 4 is 29.8 Å². The van der Waals surface area contributed by atoms with Crippen molar-refractivity contribution in [2.75, 3.05) is 12.4 Å². The van der Waals surface area contributed by atoms with E-state index in [2.05, 4.69) is 15.8 Å². The van der Waals surface area contributed by atoms with E-state index in [1.165, 1.54) is 6.21 Å². The molecule has 0 aromatic heterocycles. The number of ether oxygens (including phenoxy) is 1. The lowest BCUT2D eigenvalue weighted by molar-refractivity contribution is -0.136. The predicted molar refractivity (Wildman–Crippen MR) is 98.4 cm³/mol. The summed E-state index contributed by atoms with van der Waals surface area (Å²) in [5, 5.41) is 6.26. The molecule has 2 rings (SSSR count). The fourth-order valence-electron chi connectivity index (χ4n) is 1.96. The first-order valence-electron chi connectivity index (χ1n) is 7.60. The largest absolute Gasteiger partial charge is 0.497 e. The molecule has 2 amide bonds. The molecule has 0 heterocycles. The molecule has 0 spiro atoms. The summed E-state index contributed by atoms with van der Waals surface area (Å²) in [4.78, 5) is 23.5. The Bertz CT molecular complexity index is 781. The van der Waals surface area contributed by atoms with Gasteiger partial charge in [0.05, 0.1) is 13.3 Å². The van der Waals surface area contributed by atoms with E-state index in [0.29, 0.717) is 11.4 Å². The molecule has 0 aliphatic rings. The Hall–Kier alpha value is -3.41. The molecule has 0 saturated heterocycles. The van der Waals surface area contributed by atoms with E-state index < -0.39 is 11.8 Å². The van der Waals surface area contributed by atoms with Crippen molar-refractivity contribution in [1.29, 1.82) is 0 Å². The van der Waals surface area contributed by atoms with Gasteiger partial charge >= 0.3 is 11.8 Å². The standard InChI is InChI=1S/C19H19N3O3/c1-14(12-15-6-4-3-5-7-15)13-20-22-19(24)18(23)21-16-8-10-17(25-2)11-9-16/h3-13H,1-2H3,(H,21,23)(H,22,24)/b14-12+,20-13+. The van der Waals surface area contributed by atoms with Gasteiger partial charge in [0.15, 0.2) is 0 Å². The lowest BCUT2D eigenvalue weighted by Gasteiger charge is -2.05. The van der Waals surface area contributed by atoms with Crippen LogP contribution >= 0.6 is 0 Å². The van der Waals surface area contributed by atoms with E-state index in [-0.39, 0.29) is 0 Å². The Kier molecular flexibility index (Phi) is 6.47. The van der Waals surface area contributed by atoms with E-state index in [0.717, 1.165) is 11.1 Å². The van der Waals surface area contributed by atoms with Crippen LogP contribution in [0.5, 0.6) is 5.75 Å². The third-order valence-corrected chi connectivity index (χ3v) is 3.18. The summed E-state index contributed by atoms with van der Waals surface area (Å²) in [5.41, 5.74) is 4.54. The van der Waals surface area contributed by atoms with Gasteiger partial charge in [-0.2, -0.15) is 5.10 Å². The first-order chi connectivity index (χ1) is 12.1. The van der Waals surface area contributed by atoms with Crippen LogP contribution in [0.1, 0.15) is 12.5 Å². The number of anilines is 1. The Morgan fingerprint density at radius 1 is 1.00 bits per heavy atom. The minimum Gasteiger partial charge on any atom is -0.497 e. The average molecular weight is 337 g/mol. The normalized spacial score (nSPS) is 11.2. The monoisotopic (exact) mass is 337 g/mol. The van der Waals surface area contributed by atoms with Gasteiger partial charge in [0.25, 0.3) is 0 Å². The molecule has 2 N–H and O–H groups in total. The summed E-state index contributed by atoms with van der Waals surface area (Å²) in [6.45, 7) is 1.85. The van der Waals surface area contributed by atoms with Crippen LogP contribution in [-0.2, 0) is 9.59 Å². The van der Waals surface area contributed by atoms with Crippen LogP contribution in [0.15, 0.2) is 65.3 Å². The fraction of sp³-hybridized carbons (Fsp3) is 0.105. The number of carbonyl (C=O) groups excluding carboxylic acids is 2. The number of hydrogen-bond donors (Lipinski definition) is 2. The smallest absolute Gasteiger partial charge is 0.329 e. The molecule has 0 saturated carbocycles. The highest BCUT2D eigenvalue weighted by Gasteiger charge is 2.12. The van der Waals surface area contributed by atoms with Crippen LogP contribution in [0.3, 0.4) is 0 Å². The zero-order valence-corrected chi connectivity index (χ0v) is 14.0. The molecule has 0 unspecified atom stereocenters. The Morgan fingerprint density at radius 3 is 2.32 bits per heavy atom. The molecule has 2 aromatic rings. The van der Waals surface area contributed by atoms with Gasteiger partial charge in [-0.15, -0.1) is 0 Å². The summed E-state index contributed by atoms with van der Waals surface area (Å²) in [5.74, 6) is -0.987. The molecule has 0 aliphatic carbocycles. The molecule has 25 heavy (non-hydrogen) atoms. The molecule has 0 radical (unpaired) electrons. The highest BCUT2D eigenvalue weighted by molar-refractivity contribution is 6.39. The van der Waals surface area contributed by atoms with Gasteiger partial charge in [-0.05, 0) is 42.3 Å². The van der Waals surface area contributed by atoms with Gasteiger partial charge in [-0.25, -0.2) is 5.43 Å². The molecule has 6 nitrogen and oxygen atoms in total. The Morgan fingerprint density at radius 2 is 1.68 bits per heavy atom. The number of nitrogens with one attached hydrogen (secondary N) is 2. The second kappa shape index (κ2) is 9.02. The SMILES string of the molecule is COc1ccc(NC(=O)C(=O)N/N=C/C(C)=C/c2ccccc2)cc1. The van der Waals surface area contributed by atoms with Crippen molar-refractivity contribution in [1.82, 2.24) is 5.43 Å². The van der Waals surface area contributed by atoms with Crippen molar-refractivity contribution < 1.29 is 14.3 Å². The van der Waals surface area contributed by atoms with Crippen LogP contribution in [0.4, 0.5) is 5.69 Å². The number of allylic oxidation sites excluding steroid dienone is 1. The van der Waals surface area contributed by atoms with Crippen LogP contribution in [-0.4, -0.2) is 25.1 Å². The minimum atomic E-state index is -0.848. The van der Waals surface area contributed by atoms with Crippen molar-refractivity contribution in [3.05, 3.63) is 65.7 Å². The number of carbonyl (C=O) groups is 2. The molecule has 0 atom stereocenters. The zero-order chi connectivity index (χ0) is 18.1. The highest BCUT2D eigenvalue weighted by atomic mass is 16.5. The van der Waals surface area contributed by atoms with Crippen molar-refractivity contribution in [2.24, 2.45) is 5.10 Å².